The van der Waals surface area contributed by atoms with E-state index >= 15 is 0 Å². The van der Waals surface area contributed by atoms with E-state index in [1.807, 2.05) is 7.05 Å². The van der Waals surface area contributed by atoms with Crippen LogP contribution in [0.25, 0.3) is 0 Å². The van der Waals surface area contributed by atoms with Gasteiger partial charge in [-0.15, -0.1) is 0 Å². The largest absolute Gasteiger partial charge is 0.319 e. The van der Waals surface area contributed by atoms with Gasteiger partial charge in [-0.05, 0) is 59.1 Å². The van der Waals surface area contributed by atoms with Crippen LogP contribution in [0.3, 0.4) is 0 Å². The van der Waals surface area contributed by atoms with Crippen LogP contribution in [0.2, 0.25) is 0 Å². The highest BCUT2D eigenvalue weighted by molar-refractivity contribution is 5.87. The van der Waals surface area contributed by atoms with Crippen LogP contribution < -0.4 is 5.32 Å². The molecule has 0 saturated carbocycles. The van der Waals surface area contributed by atoms with Gasteiger partial charge in [0.1, 0.15) is 0 Å². The first-order valence-electron chi connectivity index (χ1n) is 9.80. The molecule has 4 atom stereocenters. The summed E-state index contributed by atoms with van der Waals surface area (Å²) in [5.41, 5.74) is 1.35. The third-order valence-corrected chi connectivity index (χ3v) is 5.79. The molecule has 1 saturated heterocycles. The van der Waals surface area contributed by atoms with Gasteiger partial charge in [0.05, 0.1) is 12.2 Å². The average molecular weight is 358 g/mol. The number of amidine groups is 1. The van der Waals surface area contributed by atoms with Crippen LogP contribution in [-0.2, 0) is 0 Å². The molecule has 0 spiro atoms. The maximum atomic E-state index is 7.86. The Morgan fingerprint density at radius 2 is 2.04 bits per heavy atom. The van der Waals surface area contributed by atoms with Crippen molar-refractivity contribution in [2.45, 2.75) is 70.6 Å². The summed E-state index contributed by atoms with van der Waals surface area (Å²) in [6.45, 7) is 7.30. The van der Waals surface area contributed by atoms with Crippen molar-refractivity contribution >= 4 is 12.2 Å². The Balaban J connectivity index is 1.97. The van der Waals surface area contributed by atoms with E-state index in [0.29, 0.717) is 24.0 Å². The van der Waals surface area contributed by atoms with E-state index in [2.05, 4.69) is 54.4 Å². The van der Waals surface area contributed by atoms with Gasteiger partial charge in [0.2, 0.25) is 0 Å². The zero-order valence-electron chi connectivity index (χ0n) is 16.7. The second-order valence-corrected chi connectivity index (χ2v) is 7.57. The van der Waals surface area contributed by atoms with E-state index in [-0.39, 0.29) is 6.04 Å². The molecule has 144 valence electrons. The highest BCUT2D eigenvalue weighted by Gasteiger charge is 2.32. The summed E-state index contributed by atoms with van der Waals surface area (Å²) in [5.74, 6) is 0.449. The Kier molecular flexibility index (Phi) is 7.79. The molecular formula is C21H35N5. The summed E-state index contributed by atoms with van der Waals surface area (Å²) in [6.07, 6.45) is 5.84. The molecule has 5 nitrogen and oxygen atoms in total. The zero-order chi connectivity index (χ0) is 19.1. The lowest BCUT2D eigenvalue weighted by Crippen LogP contribution is -2.43. The molecule has 0 aromatic heterocycles. The highest BCUT2D eigenvalue weighted by atomic mass is 15.2. The molecule has 1 aliphatic rings. The number of likely N-dealkylation sites (tertiary alicyclic amines) is 1. The second-order valence-electron chi connectivity index (χ2n) is 7.57. The molecule has 1 aromatic rings. The van der Waals surface area contributed by atoms with Gasteiger partial charge in [0.25, 0.3) is 0 Å². The van der Waals surface area contributed by atoms with Crippen molar-refractivity contribution in [3.8, 4) is 0 Å². The first-order chi connectivity index (χ1) is 12.5. The van der Waals surface area contributed by atoms with Gasteiger partial charge in [-0.25, -0.2) is 0 Å². The average Bonchev–Trinajstić information content (AvgIpc) is 2.96. The van der Waals surface area contributed by atoms with E-state index in [9.17, 15) is 0 Å². The number of nitrogens with one attached hydrogen (secondary N) is 3. The summed E-state index contributed by atoms with van der Waals surface area (Å²) in [7, 11) is 2.04. The molecule has 1 aliphatic heterocycles. The number of nitrogens with zero attached hydrogens (tertiary/aromatic N) is 2. The van der Waals surface area contributed by atoms with Gasteiger partial charge in [0.15, 0.2) is 0 Å². The topological polar surface area (TPSA) is 66.2 Å². The summed E-state index contributed by atoms with van der Waals surface area (Å²) < 4.78 is 0. The van der Waals surface area contributed by atoms with Gasteiger partial charge in [-0.2, -0.15) is 0 Å². The standard InChI is InChI=1S/C21H35N5/c1-16-10-11-20(14-17(2)26(15-22)18(3)23)25(16)13-12-21(24-4)19-8-6-5-7-9-19/h5-9,15-17,20-24H,10-14H2,1-4H3. The van der Waals surface area contributed by atoms with Crippen molar-refractivity contribution in [3.63, 3.8) is 0 Å². The van der Waals surface area contributed by atoms with Crippen molar-refractivity contribution < 1.29 is 0 Å². The zero-order valence-corrected chi connectivity index (χ0v) is 16.7. The van der Waals surface area contributed by atoms with E-state index in [1.165, 1.54) is 24.7 Å². The van der Waals surface area contributed by atoms with Gasteiger partial charge >= 0.3 is 0 Å². The van der Waals surface area contributed by atoms with E-state index in [1.54, 1.807) is 11.8 Å². The van der Waals surface area contributed by atoms with Crippen molar-refractivity contribution in [1.29, 1.82) is 10.8 Å². The second kappa shape index (κ2) is 9.83. The lowest BCUT2D eigenvalue weighted by molar-refractivity contribution is 0.171. The van der Waals surface area contributed by atoms with Crippen molar-refractivity contribution in [2.75, 3.05) is 13.6 Å². The summed E-state index contributed by atoms with van der Waals surface area (Å²) in [4.78, 5) is 4.41. The molecule has 26 heavy (non-hydrogen) atoms. The molecule has 5 heteroatoms. The number of benzene rings is 1. The highest BCUT2D eigenvalue weighted by Crippen LogP contribution is 2.29. The lowest BCUT2D eigenvalue weighted by atomic mass is 10.0. The molecule has 0 radical (unpaired) electrons. The molecule has 1 aromatic carbocycles. The maximum Gasteiger partial charge on any atom is 0.0980 e. The van der Waals surface area contributed by atoms with Gasteiger partial charge in [-0.1, -0.05) is 30.3 Å². The van der Waals surface area contributed by atoms with Gasteiger partial charge < -0.3 is 10.2 Å². The number of hydrogen-bond donors (Lipinski definition) is 3. The fraction of sp³-hybridized carbons (Fsp3) is 0.619. The predicted molar refractivity (Wildman–Crippen MR) is 110 cm³/mol. The van der Waals surface area contributed by atoms with E-state index in [0.717, 1.165) is 19.4 Å². The lowest BCUT2D eigenvalue weighted by Gasteiger charge is -2.34. The van der Waals surface area contributed by atoms with Crippen LogP contribution in [0.1, 0.15) is 58.1 Å². The molecular weight excluding hydrogens is 322 g/mol. The Hall–Kier alpha value is -1.72. The van der Waals surface area contributed by atoms with Crippen LogP contribution in [0.5, 0.6) is 0 Å². The monoisotopic (exact) mass is 357 g/mol. The van der Waals surface area contributed by atoms with Gasteiger partial charge in [-0.3, -0.25) is 15.7 Å². The van der Waals surface area contributed by atoms with Crippen molar-refractivity contribution in [1.82, 2.24) is 15.1 Å². The first kappa shape index (κ1) is 20.6. The van der Waals surface area contributed by atoms with Crippen LogP contribution in [0, 0.1) is 10.8 Å². The first-order valence-corrected chi connectivity index (χ1v) is 9.80. The Labute approximate surface area is 158 Å². The van der Waals surface area contributed by atoms with Crippen LogP contribution in [0.4, 0.5) is 0 Å². The molecule has 0 aliphatic carbocycles. The molecule has 3 N–H and O–H groups in total. The minimum Gasteiger partial charge on any atom is -0.319 e. The number of rotatable bonds is 9. The van der Waals surface area contributed by atoms with Crippen LogP contribution in [-0.4, -0.2) is 53.7 Å². The fourth-order valence-corrected chi connectivity index (χ4v) is 4.28. The minimum atomic E-state index is 0.192. The molecule has 4 unspecified atom stereocenters. The molecule has 1 heterocycles. The Morgan fingerprint density at radius 3 is 2.62 bits per heavy atom. The van der Waals surface area contributed by atoms with Crippen molar-refractivity contribution in [3.05, 3.63) is 35.9 Å². The molecule has 0 amide bonds. The normalized spacial score (nSPS) is 22.8. The minimum absolute atomic E-state index is 0.192. The Bertz CT molecular complexity index is 573. The molecule has 1 fully saturated rings. The third kappa shape index (κ3) is 5.15. The predicted octanol–water partition coefficient (Wildman–Crippen LogP) is 3.87. The van der Waals surface area contributed by atoms with Crippen molar-refractivity contribution in [2.24, 2.45) is 0 Å². The quantitative estimate of drug-likeness (QED) is 0.464. The molecule has 2 rings (SSSR count). The fourth-order valence-electron chi connectivity index (χ4n) is 4.28. The molecule has 0 bridgehead atoms. The Morgan fingerprint density at radius 1 is 1.35 bits per heavy atom. The summed E-state index contributed by atoms with van der Waals surface area (Å²) >= 11 is 0. The summed E-state index contributed by atoms with van der Waals surface area (Å²) in [5, 5.41) is 18.9. The number of hydrogen-bond acceptors (Lipinski definition) is 4. The van der Waals surface area contributed by atoms with Crippen LogP contribution in [0.15, 0.2) is 30.3 Å². The smallest absolute Gasteiger partial charge is 0.0980 e. The van der Waals surface area contributed by atoms with Crippen LogP contribution >= 0.6 is 0 Å². The SMILES string of the molecule is CNC(CCN1C(C)CCC1CC(C)N(C=N)C(C)=N)c1ccccc1. The van der Waals surface area contributed by atoms with Gasteiger partial charge in [0, 0.05) is 30.7 Å². The van der Waals surface area contributed by atoms with E-state index < -0.39 is 0 Å². The third-order valence-electron chi connectivity index (χ3n) is 5.79. The van der Waals surface area contributed by atoms with E-state index in [4.69, 9.17) is 10.8 Å². The maximum absolute atomic E-state index is 7.86. The summed E-state index contributed by atoms with van der Waals surface area (Å²) in [6, 6.07) is 12.4.